The second-order valence-electron chi connectivity index (χ2n) is 4.87. The van der Waals surface area contributed by atoms with Gasteiger partial charge in [0.15, 0.2) is 0 Å². The topological polar surface area (TPSA) is 64.5 Å². The average molecular weight is 279 g/mol. The molecule has 6 nitrogen and oxygen atoms in total. The number of nitrogens with zero attached hydrogens (tertiary/aromatic N) is 3. The quantitative estimate of drug-likeness (QED) is 0.780. The summed E-state index contributed by atoms with van der Waals surface area (Å²) in [4.78, 5) is 22.6. The summed E-state index contributed by atoms with van der Waals surface area (Å²) in [5.41, 5.74) is 0.874. The van der Waals surface area contributed by atoms with Crippen LogP contribution in [-0.2, 0) is 9.53 Å². The predicted molar refractivity (Wildman–Crippen MR) is 74.9 cm³/mol. The number of ether oxygens (including phenoxy) is 2. The molecule has 2 rings (SSSR count). The monoisotopic (exact) mass is 279 g/mol. The Balaban J connectivity index is 2.00. The van der Waals surface area contributed by atoms with Crippen LogP contribution < -0.4 is 9.64 Å². The molecule has 1 aliphatic rings. The number of aromatic nitrogens is 2. The number of hydrogen-bond donors (Lipinski definition) is 0. The third-order valence-corrected chi connectivity index (χ3v) is 3.43. The molecule has 1 fully saturated rings. The van der Waals surface area contributed by atoms with E-state index in [9.17, 15) is 4.79 Å². The van der Waals surface area contributed by atoms with Crippen LogP contribution in [0.1, 0.15) is 25.5 Å². The van der Waals surface area contributed by atoms with Gasteiger partial charge < -0.3 is 14.4 Å². The molecular weight excluding hydrogens is 258 g/mol. The minimum absolute atomic E-state index is 0.00194. The molecule has 0 N–H and O–H groups in total. The molecule has 0 amide bonds. The van der Waals surface area contributed by atoms with Crippen LogP contribution in [0.2, 0.25) is 0 Å². The predicted octanol–water partition coefficient (Wildman–Crippen LogP) is 1.57. The number of hydrogen-bond acceptors (Lipinski definition) is 6. The summed E-state index contributed by atoms with van der Waals surface area (Å²) in [5, 5.41) is 0. The van der Waals surface area contributed by atoms with Crippen LogP contribution in [-0.4, -0.2) is 42.7 Å². The Hall–Kier alpha value is -1.85. The maximum absolute atomic E-state index is 11.7. The summed E-state index contributed by atoms with van der Waals surface area (Å²) in [6.45, 7) is 5.71. The maximum Gasteiger partial charge on any atom is 0.309 e. The Morgan fingerprint density at radius 1 is 1.40 bits per heavy atom. The van der Waals surface area contributed by atoms with Crippen molar-refractivity contribution in [3.05, 3.63) is 11.8 Å². The van der Waals surface area contributed by atoms with Crippen LogP contribution in [0, 0.1) is 12.8 Å². The van der Waals surface area contributed by atoms with Gasteiger partial charge in [0.05, 0.1) is 19.6 Å². The summed E-state index contributed by atoms with van der Waals surface area (Å²) < 4.78 is 10.2. The van der Waals surface area contributed by atoms with E-state index in [0.717, 1.165) is 31.6 Å². The first kappa shape index (κ1) is 14.6. The van der Waals surface area contributed by atoms with Gasteiger partial charge in [0.25, 0.3) is 0 Å². The maximum atomic E-state index is 11.7. The number of rotatable bonds is 4. The molecule has 1 aromatic heterocycles. The normalized spacial score (nSPS) is 16.1. The molecule has 0 bridgehead atoms. The summed E-state index contributed by atoms with van der Waals surface area (Å²) in [7, 11) is 1.60. The number of carbonyl (C=O) groups excluding carboxylic acids is 1. The van der Waals surface area contributed by atoms with Gasteiger partial charge in [-0.1, -0.05) is 0 Å². The summed E-state index contributed by atoms with van der Waals surface area (Å²) in [6, 6.07) is 1.80. The van der Waals surface area contributed by atoms with E-state index in [4.69, 9.17) is 9.47 Å². The third-order valence-electron chi connectivity index (χ3n) is 3.43. The highest BCUT2D eigenvalue weighted by Gasteiger charge is 2.27. The molecule has 0 saturated carbocycles. The van der Waals surface area contributed by atoms with E-state index in [1.54, 1.807) is 13.2 Å². The number of aryl methyl sites for hydroxylation is 1. The minimum Gasteiger partial charge on any atom is -0.481 e. The number of anilines is 1. The van der Waals surface area contributed by atoms with Crippen LogP contribution in [0.5, 0.6) is 5.88 Å². The lowest BCUT2D eigenvalue weighted by Crippen LogP contribution is -2.38. The van der Waals surface area contributed by atoms with Crippen LogP contribution in [0.4, 0.5) is 5.95 Å². The number of methoxy groups -OCH3 is 1. The smallest absolute Gasteiger partial charge is 0.309 e. The first-order valence-electron chi connectivity index (χ1n) is 6.95. The second-order valence-corrected chi connectivity index (χ2v) is 4.87. The van der Waals surface area contributed by atoms with Crippen LogP contribution in [0.25, 0.3) is 0 Å². The molecule has 0 aromatic carbocycles. The Morgan fingerprint density at radius 3 is 2.70 bits per heavy atom. The van der Waals surface area contributed by atoms with Crippen LogP contribution >= 0.6 is 0 Å². The lowest BCUT2D eigenvalue weighted by molar-refractivity contribution is -0.148. The molecule has 1 aromatic rings. The highest BCUT2D eigenvalue weighted by atomic mass is 16.5. The van der Waals surface area contributed by atoms with Crippen molar-refractivity contribution in [2.75, 3.05) is 31.7 Å². The number of esters is 1. The SMILES string of the molecule is CCOC(=O)C1CCN(c2nc(C)cc(OC)n2)CC1. The molecular formula is C14H21N3O3. The zero-order valence-electron chi connectivity index (χ0n) is 12.3. The van der Waals surface area contributed by atoms with Gasteiger partial charge in [-0.05, 0) is 26.7 Å². The highest BCUT2D eigenvalue weighted by Crippen LogP contribution is 2.23. The molecule has 6 heteroatoms. The van der Waals surface area contributed by atoms with Gasteiger partial charge in [0.1, 0.15) is 0 Å². The molecule has 0 aliphatic carbocycles. The van der Waals surface area contributed by atoms with Gasteiger partial charge in [0.2, 0.25) is 11.8 Å². The molecule has 20 heavy (non-hydrogen) atoms. The lowest BCUT2D eigenvalue weighted by Gasteiger charge is -2.31. The zero-order valence-corrected chi connectivity index (χ0v) is 12.3. The van der Waals surface area contributed by atoms with Gasteiger partial charge in [0, 0.05) is 24.8 Å². The fraction of sp³-hybridized carbons (Fsp3) is 0.643. The number of piperidine rings is 1. The van der Waals surface area contributed by atoms with E-state index in [1.807, 2.05) is 13.8 Å². The Bertz CT molecular complexity index is 471. The van der Waals surface area contributed by atoms with E-state index in [0.29, 0.717) is 18.4 Å². The van der Waals surface area contributed by atoms with Crippen molar-refractivity contribution in [2.24, 2.45) is 5.92 Å². The molecule has 1 aliphatic heterocycles. The van der Waals surface area contributed by atoms with E-state index in [1.165, 1.54) is 0 Å². The van der Waals surface area contributed by atoms with Crippen molar-refractivity contribution in [3.63, 3.8) is 0 Å². The molecule has 0 atom stereocenters. The Morgan fingerprint density at radius 2 is 2.10 bits per heavy atom. The highest BCUT2D eigenvalue weighted by molar-refractivity contribution is 5.72. The van der Waals surface area contributed by atoms with Crippen molar-refractivity contribution >= 4 is 11.9 Å². The van der Waals surface area contributed by atoms with Crippen molar-refractivity contribution in [3.8, 4) is 5.88 Å². The largest absolute Gasteiger partial charge is 0.481 e. The van der Waals surface area contributed by atoms with Gasteiger partial charge >= 0.3 is 5.97 Å². The fourth-order valence-corrected chi connectivity index (χ4v) is 2.35. The van der Waals surface area contributed by atoms with Gasteiger partial charge in [-0.3, -0.25) is 4.79 Å². The van der Waals surface area contributed by atoms with Crippen molar-refractivity contribution in [1.29, 1.82) is 0 Å². The molecule has 110 valence electrons. The molecule has 2 heterocycles. The van der Waals surface area contributed by atoms with Crippen molar-refractivity contribution < 1.29 is 14.3 Å². The lowest BCUT2D eigenvalue weighted by atomic mass is 9.97. The van der Waals surface area contributed by atoms with E-state index >= 15 is 0 Å². The fourth-order valence-electron chi connectivity index (χ4n) is 2.35. The van der Waals surface area contributed by atoms with Gasteiger partial charge in [-0.25, -0.2) is 4.98 Å². The average Bonchev–Trinajstić information content (AvgIpc) is 2.47. The van der Waals surface area contributed by atoms with E-state index in [2.05, 4.69) is 14.9 Å². The first-order chi connectivity index (χ1) is 9.63. The zero-order chi connectivity index (χ0) is 14.5. The standard InChI is InChI=1S/C14H21N3O3/c1-4-20-13(18)11-5-7-17(8-6-11)14-15-10(2)9-12(16-14)19-3/h9,11H,4-8H2,1-3H3. The van der Waals surface area contributed by atoms with E-state index < -0.39 is 0 Å². The Kier molecular flexibility index (Phi) is 4.76. The Labute approximate surface area is 119 Å². The summed E-state index contributed by atoms with van der Waals surface area (Å²) in [6.07, 6.45) is 1.55. The van der Waals surface area contributed by atoms with E-state index in [-0.39, 0.29) is 11.9 Å². The summed E-state index contributed by atoms with van der Waals surface area (Å²) in [5.74, 6) is 1.15. The second kappa shape index (κ2) is 6.54. The van der Waals surface area contributed by atoms with Crippen LogP contribution in [0.15, 0.2) is 6.07 Å². The molecule has 1 saturated heterocycles. The number of carbonyl (C=O) groups is 1. The molecule has 0 unspecified atom stereocenters. The van der Waals surface area contributed by atoms with Gasteiger partial charge in [-0.2, -0.15) is 4.98 Å². The van der Waals surface area contributed by atoms with Crippen LogP contribution in [0.3, 0.4) is 0 Å². The summed E-state index contributed by atoms with van der Waals surface area (Å²) >= 11 is 0. The van der Waals surface area contributed by atoms with Crippen molar-refractivity contribution in [1.82, 2.24) is 9.97 Å². The first-order valence-corrected chi connectivity index (χ1v) is 6.95. The van der Waals surface area contributed by atoms with Crippen molar-refractivity contribution in [2.45, 2.75) is 26.7 Å². The van der Waals surface area contributed by atoms with Gasteiger partial charge in [-0.15, -0.1) is 0 Å². The third kappa shape index (κ3) is 3.37. The molecule has 0 radical (unpaired) electrons. The molecule has 0 spiro atoms. The minimum atomic E-state index is -0.0881.